The van der Waals surface area contributed by atoms with E-state index in [-0.39, 0.29) is 41.2 Å². The first-order valence-corrected chi connectivity index (χ1v) is 10.3. The van der Waals surface area contributed by atoms with Crippen LogP contribution in [0.1, 0.15) is 60.3 Å². The molecule has 28 heavy (non-hydrogen) atoms. The zero-order chi connectivity index (χ0) is 20.4. The molecule has 0 unspecified atom stereocenters. The molecule has 164 valence electrons. The minimum absolute atomic E-state index is 0. The van der Waals surface area contributed by atoms with Crippen LogP contribution in [-0.4, -0.2) is 61.9 Å². The largest absolute Gasteiger partial charge is 0.355 e. The van der Waals surface area contributed by atoms with E-state index in [2.05, 4.69) is 34.8 Å². The Kier molecular flexibility index (Phi) is 12.7. The Bertz CT molecular complexity index is 507. The Balaban J connectivity index is 0.00000729. The number of amides is 2. The number of carbonyl (C=O) groups excluding carboxylic acids is 2. The third-order valence-electron chi connectivity index (χ3n) is 5.09. The fraction of sp³-hybridized carbons (Fsp3) is 0.850. The van der Waals surface area contributed by atoms with Crippen molar-refractivity contribution < 1.29 is 9.59 Å². The third kappa shape index (κ3) is 8.96. The molecular formula is C20H40IN5O2. The van der Waals surface area contributed by atoms with Crippen molar-refractivity contribution in [3.8, 4) is 0 Å². The van der Waals surface area contributed by atoms with E-state index in [4.69, 9.17) is 0 Å². The van der Waals surface area contributed by atoms with E-state index < -0.39 is 0 Å². The van der Waals surface area contributed by atoms with Crippen molar-refractivity contribution in [1.82, 2.24) is 20.9 Å². The van der Waals surface area contributed by atoms with E-state index >= 15 is 0 Å². The van der Waals surface area contributed by atoms with Gasteiger partial charge in [0, 0.05) is 50.6 Å². The topological polar surface area (TPSA) is 85.8 Å². The lowest BCUT2D eigenvalue weighted by Gasteiger charge is -2.34. The number of nitrogens with one attached hydrogen (secondary N) is 3. The number of piperidine rings is 1. The van der Waals surface area contributed by atoms with E-state index in [1.54, 1.807) is 7.05 Å². The van der Waals surface area contributed by atoms with Crippen molar-refractivity contribution in [2.45, 2.75) is 66.3 Å². The summed E-state index contributed by atoms with van der Waals surface area (Å²) in [5, 5.41) is 9.58. The van der Waals surface area contributed by atoms with E-state index in [1.807, 2.05) is 25.7 Å². The van der Waals surface area contributed by atoms with Gasteiger partial charge in [-0.25, -0.2) is 0 Å². The minimum Gasteiger partial charge on any atom is -0.355 e. The monoisotopic (exact) mass is 509 g/mol. The van der Waals surface area contributed by atoms with Crippen LogP contribution in [0.3, 0.4) is 0 Å². The Hall–Kier alpha value is -1.06. The smallest absolute Gasteiger partial charge is 0.225 e. The van der Waals surface area contributed by atoms with Gasteiger partial charge >= 0.3 is 0 Å². The minimum atomic E-state index is -0.375. The summed E-state index contributed by atoms with van der Waals surface area (Å²) in [5.74, 6) is 1.24. The summed E-state index contributed by atoms with van der Waals surface area (Å²) in [5.41, 5.74) is -0.375. The van der Waals surface area contributed by atoms with Gasteiger partial charge in [-0.15, -0.1) is 24.0 Å². The second-order valence-corrected chi connectivity index (χ2v) is 8.26. The Morgan fingerprint density at radius 1 is 1.07 bits per heavy atom. The molecule has 0 aromatic carbocycles. The Labute approximate surface area is 187 Å². The summed E-state index contributed by atoms with van der Waals surface area (Å²) in [6.45, 7) is 12.6. The molecule has 0 radical (unpaired) electrons. The maximum atomic E-state index is 12.5. The molecule has 3 N–H and O–H groups in total. The van der Waals surface area contributed by atoms with E-state index in [0.717, 1.165) is 44.7 Å². The molecule has 1 aliphatic rings. The van der Waals surface area contributed by atoms with Gasteiger partial charge in [0.2, 0.25) is 11.8 Å². The first kappa shape index (κ1) is 26.9. The van der Waals surface area contributed by atoms with Crippen molar-refractivity contribution >= 4 is 41.8 Å². The number of nitrogens with zero attached hydrogens (tertiary/aromatic N) is 2. The lowest BCUT2D eigenvalue weighted by molar-refractivity contribution is -0.136. The molecule has 0 saturated carbocycles. The highest BCUT2D eigenvalue weighted by molar-refractivity contribution is 14.0. The number of carbonyl (C=O) groups is 2. The number of likely N-dealkylation sites (tertiary alicyclic amines) is 1. The van der Waals surface area contributed by atoms with Crippen LogP contribution in [0.15, 0.2) is 4.99 Å². The first-order valence-electron chi connectivity index (χ1n) is 10.3. The highest BCUT2D eigenvalue weighted by Gasteiger charge is 2.26. The fourth-order valence-corrected chi connectivity index (χ4v) is 3.15. The molecule has 1 saturated heterocycles. The quantitative estimate of drug-likeness (QED) is 0.213. The average molecular weight is 509 g/mol. The number of rotatable bonds is 7. The van der Waals surface area contributed by atoms with Gasteiger partial charge in [-0.2, -0.15) is 0 Å². The predicted octanol–water partition coefficient (Wildman–Crippen LogP) is 2.36. The van der Waals surface area contributed by atoms with Gasteiger partial charge in [-0.1, -0.05) is 34.6 Å². The van der Waals surface area contributed by atoms with Crippen molar-refractivity contribution in [3.05, 3.63) is 0 Å². The maximum Gasteiger partial charge on any atom is 0.225 e. The molecule has 7 nitrogen and oxygen atoms in total. The van der Waals surface area contributed by atoms with Gasteiger partial charge in [0.15, 0.2) is 5.96 Å². The van der Waals surface area contributed by atoms with Crippen molar-refractivity contribution in [1.29, 1.82) is 0 Å². The average Bonchev–Trinajstić information content (AvgIpc) is 2.64. The molecule has 0 bridgehead atoms. The zero-order valence-corrected chi connectivity index (χ0v) is 20.8. The normalized spacial score (nSPS) is 15.8. The van der Waals surface area contributed by atoms with Crippen LogP contribution in [0.25, 0.3) is 0 Å². The molecule has 8 heteroatoms. The van der Waals surface area contributed by atoms with E-state index in [9.17, 15) is 9.59 Å². The summed E-state index contributed by atoms with van der Waals surface area (Å²) >= 11 is 0. The predicted molar refractivity (Wildman–Crippen MR) is 126 cm³/mol. The highest BCUT2D eigenvalue weighted by atomic mass is 127. The molecule has 0 aromatic heterocycles. The third-order valence-corrected chi connectivity index (χ3v) is 5.09. The van der Waals surface area contributed by atoms with Crippen molar-refractivity contribution in [3.63, 3.8) is 0 Å². The second-order valence-electron chi connectivity index (χ2n) is 8.26. The standard InChI is InChI=1S/C20H39N5O2.HI/c1-7-15(8-2)17(26)25-13-9-16(10-14-25)24-19(21-6)23-12-11-22-18(27)20(3,4)5;/h15-16H,7-14H2,1-6H3,(H,22,27)(H2,21,23,24);1H. The summed E-state index contributed by atoms with van der Waals surface area (Å²) in [7, 11) is 1.74. The molecule has 0 spiro atoms. The molecule has 2 amide bonds. The van der Waals surface area contributed by atoms with E-state index in [1.165, 1.54) is 0 Å². The molecule has 1 rings (SSSR count). The molecular weight excluding hydrogens is 469 g/mol. The van der Waals surface area contributed by atoms with Crippen LogP contribution in [-0.2, 0) is 9.59 Å². The zero-order valence-electron chi connectivity index (χ0n) is 18.4. The van der Waals surface area contributed by atoms with E-state index in [0.29, 0.717) is 25.0 Å². The maximum absolute atomic E-state index is 12.5. The molecule has 0 atom stereocenters. The molecule has 1 fully saturated rings. The van der Waals surface area contributed by atoms with Crippen LogP contribution >= 0.6 is 24.0 Å². The number of hydrogen-bond acceptors (Lipinski definition) is 3. The van der Waals surface area contributed by atoms with Crippen LogP contribution in [0, 0.1) is 11.3 Å². The summed E-state index contributed by atoms with van der Waals surface area (Å²) < 4.78 is 0. The lowest BCUT2D eigenvalue weighted by atomic mass is 9.96. The number of aliphatic imine (C=N–C) groups is 1. The Morgan fingerprint density at radius 3 is 2.07 bits per heavy atom. The number of halogens is 1. The van der Waals surface area contributed by atoms with Gasteiger partial charge < -0.3 is 20.9 Å². The SMILES string of the molecule is CCC(CC)C(=O)N1CCC(NC(=NC)NCCNC(=O)C(C)(C)C)CC1.I. The summed E-state index contributed by atoms with van der Waals surface area (Å²) in [6, 6.07) is 0.311. The van der Waals surface area contributed by atoms with Crippen LogP contribution in [0.5, 0.6) is 0 Å². The Morgan fingerprint density at radius 2 is 1.61 bits per heavy atom. The second kappa shape index (κ2) is 13.2. The lowest BCUT2D eigenvalue weighted by Crippen LogP contribution is -2.51. The number of hydrogen-bond donors (Lipinski definition) is 3. The fourth-order valence-electron chi connectivity index (χ4n) is 3.15. The highest BCUT2D eigenvalue weighted by Crippen LogP contribution is 2.17. The van der Waals surface area contributed by atoms with Crippen molar-refractivity contribution in [2.75, 3.05) is 33.2 Å². The molecule has 0 aromatic rings. The van der Waals surface area contributed by atoms with Gasteiger partial charge in [0.05, 0.1) is 0 Å². The molecule has 0 aliphatic carbocycles. The molecule has 1 aliphatic heterocycles. The van der Waals surface area contributed by atoms with Crippen LogP contribution < -0.4 is 16.0 Å². The number of guanidine groups is 1. The van der Waals surface area contributed by atoms with Gasteiger partial charge in [-0.05, 0) is 25.7 Å². The van der Waals surface area contributed by atoms with Crippen LogP contribution in [0.4, 0.5) is 0 Å². The van der Waals surface area contributed by atoms with Gasteiger partial charge in [0.1, 0.15) is 0 Å². The van der Waals surface area contributed by atoms with Gasteiger partial charge in [0.25, 0.3) is 0 Å². The first-order chi connectivity index (χ1) is 12.7. The van der Waals surface area contributed by atoms with Crippen molar-refractivity contribution in [2.24, 2.45) is 16.3 Å². The van der Waals surface area contributed by atoms with Gasteiger partial charge in [-0.3, -0.25) is 14.6 Å². The van der Waals surface area contributed by atoms with Crippen LogP contribution in [0.2, 0.25) is 0 Å². The summed E-state index contributed by atoms with van der Waals surface area (Å²) in [4.78, 5) is 30.6. The molecule has 1 heterocycles. The summed E-state index contributed by atoms with van der Waals surface area (Å²) in [6.07, 6.45) is 3.67.